The lowest BCUT2D eigenvalue weighted by molar-refractivity contribution is -0.125. The van der Waals surface area contributed by atoms with E-state index in [1.54, 1.807) is 12.1 Å². The molecule has 2 unspecified atom stereocenters. The van der Waals surface area contributed by atoms with Crippen LogP contribution in [0.15, 0.2) is 24.3 Å². The van der Waals surface area contributed by atoms with E-state index in [4.69, 9.17) is 10.00 Å². The van der Waals surface area contributed by atoms with Crippen LogP contribution in [-0.2, 0) is 16.1 Å². The molecule has 2 atom stereocenters. The van der Waals surface area contributed by atoms with Gasteiger partial charge < -0.3 is 15.4 Å². The molecule has 1 aromatic rings. The Bertz CT molecular complexity index is 507. The van der Waals surface area contributed by atoms with E-state index < -0.39 is 0 Å². The number of ether oxygens (including phenoxy) is 1. The molecule has 1 fully saturated rings. The first-order valence-corrected chi connectivity index (χ1v) is 7.32. The third-order valence-corrected chi connectivity index (χ3v) is 3.62. The molecule has 1 aromatic carbocycles. The zero-order valence-electron chi connectivity index (χ0n) is 12.3. The summed E-state index contributed by atoms with van der Waals surface area (Å²) in [6, 6.07) is 9.41. The van der Waals surface area contributed by atoms with Gasteiger partial charge in [0.1, 0.15) is 0 Å². The van der Waals surface area contributed by atoms with Crippen molar-refractivity contribution >= 4 is 5.91 Å². The summed E-state index contributed by atoms with van der Waals surface area (Å²) in [5, 5.41) is 15.0. The molecule has 1 saturated heterocycles. The smallest absolute Gasteiger partial charge is 0.227 e. The highest BCUT2D eigenvalue weighted by Gasteiger charge is 2.33. The summed E-state index contributed by atoms with van der Waals surface area (Å²) in [7, 11) is 0. The minimum Gasteiger partial charge on any atom is -0.379 e. The van der Waals surface area contributed by atoms with Crippen molar-refractivity contribution in [2.45, 2.75) is 25.9 Å². The molecule has 112 valence electrons. The van der Waals surface area contributed by atoms with Crippen molar-refractivity contribution in [3.05, 3.63) is 35.4 Å². The van der Waals surface area contributed by atoms with Crippen molar-refractivity contribution in [1.29, 1.82) is 5.26 Å². The second-order valence-electron chi connectivity index (χ2n) is 5.23. The molecule has 1 aliphatic rings. The quantitative estimate of drug-likeness (QED) is 0.824. The molecule has 1 aliphatic heterocycles. The number of benzene rings is 1. The Hall–Kier alpha value is -1.90. The largest absolute Gasteiger partial charge is 0.379 e. The summed E-state index contributed by atoms with van der Waals surface area (Å²) >= 11 is 0. The Balaban J connectivity index is 1.84. The maximum Gasteiger partial charge on any atom is 0.227 e. The van der Waals surface area contributed by atoms with E-state index >= 15 is 0 Å². The second-order valence-corrected chi connectivity index (χ2v) is 5.23. The number of nitrogens with one attached hydrogen (secondary N) is 2. The number of nitriles is 1. The van der Waals surface area contributed by atoms with Crippen LogP contribution in [-0.4, -0.2) is 31.7 Å². The van der Waals surface area contributed by atoms with E-state index in [-0.39, 0.29) is 17.9 Å². The first-order chi connectivity index (χ1) is 10.2. The SMILES string of the molecule is CCCNC1COCC1C(=O)NCc1ccc(C#N)cc1. The molecule has 1 amide bonds. The molecule has 5 heteroatoms. The molecule has 2 rings (SSSR count). The summed E-state index contributed by atoms with van der Waals surface area (Å²) in [5.41, 5.74) is 1.61. The van der Waals surface area contributed by atoms with Gasteiger partial charge in [0.15, 0.2) is 0 Å². The molecule has 0 saturated carbocycles. The van der Waals surface area contributed by atoms with Crippen LogP contribution < -0.4 is 10.6 Å². The molecule has 21 heavy (non-hydrogen) atoms. The number of amides is 1. The van der Waals surface area contributed by atoms with Crippen LogP contribution in [0.1, 0.15) is 24.5 Å². The maximum atomic E-state index is 12.2. The Morgan fingerprint density at radius 1 is 1.38 bits per heavy atom. The second kappa shape index (κ2) is 7.77. The third-order valence-electron chi connectivity index (χ3n) is 3.62. The predicted molar refractivity (Wildman–Crippen MR) is 79.4 cm³/mol. The van der Waals surface area contributed by atoms with Gasteiger partial charge in [0.25, 0.3) is 0 Å². The highest BCUT2D eigenvalue weighted by molar-refractivity contribution is 5.79. The predicted octanol–water partition coefficient (Wildman–Crippen LogP) is 1.19. The van der Waals surface area contributed by atoms with Gasteiger partial charge in [-0.15, -0.1) is 0 Å². The van der Waals surface area contributed by atoms with Crippen LogP contribution in [0.3, 0.4) is 0 Å². The van der Waals surface area contributed by atoms with Crippen LogP contribution in [0, 0.1) is 17.2 Å². The van der Waals surface area contributed by atoms with Gasteiger partial charge in [0.05, 0.1) is 30.8 Å². The minimum absolute atomic E-state index is 0.0189. The Kier molecular flexibility index (Phi) is 5.73. The van der Waals surface area contributed by atoms with E-state index in [2.05, 4.69) is 23.6 Å². The molecule has 0 bridgehead atoms. The van der Waals surface area contributed by atoms with Crippen LogP contribution in [0.25, 0.3) is 0 Å². The zero-order valence-corrected chi connectivity index (χ0v) is 12.3. The molecule has 5 nitrogen and oxygen atoms in total. The summed E-state index contributed by atoms with van der Waals surface area (Å²) in [4.78, 5) is 12.2. The van der Waals surface area contributed by atoms with Crippen molar-refractivity contribution < 1.29 is 9.53 Å². The molecule has 0 radical (unpaired) electrons. The number of carbonyl (C=O) groups is 1. The summed E-state index contributed by atoms with van der Waals surface area (Å²) < 4.78 is 5.41. The first-order valence-electron chi connectivity index (χ1n) is 7.32. The maximum absolute atomic E-state index is 12.2. The summed E-state index contributed by atoms with van der Waals surface area (Å²) in [5.74, 6) is -0.111. The number of hydrogen-bond acceptors (Lipinski definition) is 4. The standard InChI is InChI=1S/C16H21N3O2/c1-2-7-18-15-11-21-10-14(15)16(20)19-9-13-5-3-12(8-17)4-6-13/h3-6,14-15,18H,2,7,9-11H2,1H3,(H,19,20). The van der Waals surface area contributed by atoms with Gasteiger partial charge in [-0.3, -0.25) is 4.79 Å². The molecule has 0 aliphatic carbocycles. The van der Waals surface area contributed by atoms with E-state index in [0.29, 0.717) is 25.3 Å². The Labute approximate surface area is 125 Å². The molecule has 2 N–H and O–H groups in total. The first kappa shape index (κ1) is 15.5. The van der Waals surface area contributed by atoms with E-state index in [1.807, 2.05) is 12.1 Å². The third kappa shape index (κ3) is 4.28. The fourth-order valence-corrected chi connectivity index (χ4v) is 2.36. The fraction of sp³-hybridized carbons (Fsp3) is 0.500. The van der Waals surface area contributed by atoms with Crippen molar-refractivity contribution in [1.82, 2.24) is 10.6 Å². The van der Waals surface area contributed by atoms with Crippen molar-refractivity contribution in [3.63, 3.8) is 0 Å². The summed E-state index contributed by atoms with van der Waals surface area (Å²) in [6.07, 6.45) is 1.04. The normalized spacial score (nSPS) is 21.0. The summed E-state index contributed by atoms with van der Waals surface area (Å²) in [6.45, 7) is 4.54. The molecule has 0 aromatic heterocycles. The van der Waals surface area contributed by atoms with Crippen LogP contribution in [0.4, 0.5) is 0 Å². The number of hydrogen-bond donors (Lipinski definition) is 2. The van der Waals surface area contributed by atoms with Crippen molar-refractivity contribution in [3.8, 4) is 6.07 Å². The van der Waals surface area contributed by atoms with Gasteiger partial charge in [0, 0.05) is 12.6 Å². The lowest BCUT2D eigenvalue weighted by atomic mass is 10.0. The molecular weight excluding hydrogens is 266 g/mol. The Morgan fingerprint density at radius 2 is 2.14 bits per heavy atom. The van der Waals surface area contributed by atoms with Gasteiger partial charge in [-0.05, 0) is 30.7 Å². The highest BCUT2D eigenvalue weighted by Crippen LogP contribution is 2.14. The van der Waals surface area contributed by atoms with Gasteiger partial charge >= 0.3 is 0 Å². The average molecular weight is 287 g/mol. The van der Waals surface area contributed by atoms with E-state index in [9.17, 15) is 4.79 Å². The average Bonchev–Trinajstić information content (AvgIpc) is 2.99. The Morgan fingerprint density at radius 3 is 2.81 bits per heavy atom. The lowest BCUT2D eigenvalue weighted by Gasteiger charge is -2.18. The van der Waals surface area contributed by atoms with Gasteiger partial charge in [-0.2, -0.15) is 5.26 Å². The monoisotopic (exact) mass is 287 g/mol. The van der Waals surface area contributed by atoms with Crippen LogP contribution in [0.2, 0.25) is 0 Å². The lowest BCUT2D eigenvalue weighted by Crippen LogP contribution is -2.44. The molecule has 1 heterocycles. The van der Waals surface area contributed by atoms with E-state index in [0.717, 1.165) is 18.5 Å². The molecule has 0 spiro atoms. The topological polar surface area (TPSA) is 74.2 Å². The number of carbonyl (C=O) groups excluding carboxylic acids is 1. The van der Waals surface area contributed by atoms with Gasteiger partial charge in [-0.1, -0.05) is 19.1 Å². The van der Waals surface area contributed by atoms with Gasteiger partial charge in [0.2, 0.25) is 5.91 Å². The number of rotatable bonds is 6. The van der Waals surface area contributed by atoms with Crippen molar-refractivity contribution in [2.75, 3.05) is 19.8 Å². The highest BCUT2D eigenvalue weighted by atomic mass is 16.5. The van der Waals surface area contributed by atoms with Crippen LogP contribution in [0.5, 0.6) is 0 Å². The van der Waals surface area contributed by atoms with Crippen molar-refractivity contribution in [2.24, 2.45) is 5.92 Å². The molecular formula is C16H21N3O2. The minimum atomic E-state index is -0.130. The van der Waals surface area contributed by atoms with E-state index in [1.165, 1.54) is 0 Å². The number of nitrogens with zero attached hydrogens (tertiary/aromatic N) is 1. The van der Waals surface area contributed by atoms with Crippen LogP contribution >= 0.6 is 0 Å². The zero-order chi connectivity index (χ0) is 15.1. The fourth-order valence-electron chi connectivity index (χ4n) is 2.36. The van der Waals surface area contributed by atoms with Gasteiger partial charge in [-0.25, -0.2) is 0 Å².